The zero-order valence-electron chi connectivity index (χ0n) is 10.3. The molecular weight excluding hydrogens is 272 g/mol. The molecule has 1 amide bonds. The van der Waals surface area contributed by atoms with E-state index >= 15 is 0 Å². The molecule has 1 aromatic heterocycles. The normalized spacial score (nSPS) is 23.4. The van der Waals surface area contributed by atoms with E-state index < -0.39 is 11.0 Å². The summed E-state index contributed by atoms with van der Waals surface area (Å²) in [6.07, 6.45) is -0.393. The number of thiophene rings is 1. The van der Waals surface area contributed by atoms with Crippen molar-refractivity contribution in [2.24, 2.45) is 0 Å². The highest BCUT2D eigenvalue weighted by Crippen LogP contribution is 2.26. The van der Waals surface area contributed by atoms with Crippen molar-refractivity contribution in [2.45, 2.75) is 19.1 Å². The van der Waals surface area contributed by atoms with Crippen LogP contribution in [-0.4, -0.2) is 52.7 Å². The monoisotopic (exact) mass is 286 g/mol. The fourth-order valence-corrected chi connectivity index (χ4v) is 2.67. The minimum atomic E-state index is -0.513. The first kappa shape index (κ1) is 13.9. The smallest absolute Gasteiger partial charge is 0.324 e. The van der Waals surface area contributed by atoms with Crippen molar-refractivity contribution in [3.63, 3.8) is 0 Å². The van der Waals surface area contributed by atoms with Gasteiger partial charge in [-0.1, -0.05) is 11.3 Å². The Morgan fingerprint density at radius 1 is 1.68 bits per heavy atom. The molecule has 0 spiro atoms. The van der Waals surface area contributed by atoms with Crippen LogP contribution >= 0.6 is 11.3 Å². The first-order valence-electron chi connectivity index (χ1n) is 5.80. The minimum absolute atomic E-state index is 0.0528. The summed E-state index contributed by atoms with van der Waals surface area (Å²) in [7, 11) is 0. The van der Waals surface area contributed by atoms with E-state index in [1.807, 2.05) is 6.92 Å². The molecular formula is C11H14N2O5S. The second kappa shape index (κ2) is 5.64. The van der Waals surface area contributed by atoms with E-state index in [1.54, 1.807) is 4.90 Å². The molecule has 2 unspecified atom stereocenters. The van der Waals surface area contributed by atoms with Crippen LogP contribution in [0.4, 0.5) is 5.00 Å². The third-order valence-electron chi connectivity index (χ3n) is 2.95. The van der Waals surface area contributed by atoms with Crippen LogP contribution in [0.25, 0.3) is 0 Å². The van der Waals surface area contributed by atoms with Gasteiger partial charge in [-0.25, -0.2) is 0 Å². The molecule has 0 saturated carbocycles. The number of aliphatic hydroxyl groups is 1. The molecule has 1 N–H and O–H groups in total. The zero-order valence-corrected chi connectivity index (χ0v) is 11.1. The summed E-state index contributed by atoms with van der Waals surface area (Å²) >= 11 is 0.860. The van der Waals surface area contributed by atoms with Gasteiger partial charge >= 0.3 is 5.00 Å². The van der Waals surface area contributed by atoms with E-state index in [-0.39, 0.29) is 23.6 Å². The third kappa shape index (κ3) is 2.91. The molecule has 0 bridgehead atoms. The van der Waals surface area contributed by atoms with Gasteiger partial charge in [-0.15, -0.1) is 0 Å². The molecule has 1 aromatic rings. The van der Waals surface area contributed by atoms with Crippen LogP contribution in [0.5, 0.6) is 0 Å². The number of nitrogens with zero attached hydrogens (tertiary/aromatic N) is 2. The van der Waals surface area contributed by atoms with Crippen LogP contribution < -0.4 is 0 Å². The lowest BCUT2D eigenvalue weighted by atomic mass is 10.2. The first-order chi connectivity index (χ1) is 9.02. The summed E-state index contributed by atoms with van der Waals surface area (Å²) in [6.45, 7) is 2.33. The number of carbonyl (C=O) groups excluding carboxylic acids is 1. The largest absolute Gasteiger partial charge is 0.394 e. The molecule has 1 aliphatic rings. The van der Waals surface area contributed by atoms with Crippen molar-refractivity contribution in [3.05, 3.63) is 27.1 Å². The SMILES string of the molecule is CC1COC(CO)CN1C(=O)c1ccc([N+](=O)[O-])s1. The molecule has 1 fully saturated rings. The standard InChI is InChI=1S/C11H14N2O5S/c1-7-6-18-8(5-14)4-12(7)11(15)9-2-3-10(19-9)13(16)17/h2-3,7-8,14H,4-6H2,1H3. The molecule has 19 heavy (non-hydrogen) atoms. The molecule has 2 atom stereocenters. The van der Waals surface area contributed by atoms with Gasteiger partial charge in [-0.3, -0.25) is 14.9 Å². The average molecular weight is 286 g/mol. The van der Waals surface area contributed by atoms with Crippen molar-refractivity contribution in [3.8, 4) is 0 Å². The van der Waals surface area contributed by atoms with Gasteiger partial charge in [0.25, 0.3) is 5.91 Å². The average Bonchev–Trinajstić information content (AvgIpc) is 2.88. The van der Waals surface area contributed by atoms with Crippen LogP contribution in [0, 0.1) is 10.1 Å². The molecule has 2 heterocycles. The Balaban J connectivity index is 2.14. The fourth-order valence-electron chi connectivity index (χ4n) is 1.89. The molecule has 1 aliphatic heterocycles. The highest BCUT2D eigenvalue weighted by Gasteiger charge is 2.31. The van der Waals surface area contributed by atoms with Crippen LogP contribution in [0.3, 0.4) is 0 Å². The number of ether oxygens (including phenoxy) is 1. The Morgan fingerprint density at radius 3 is 3.00 bits per heavy atom. The van der Waals surface area contributed by atoms with Gasteiger partial charge in [-0.05, 0) is 13.0 Å². The van der Waals surface area contributed by atoms with Gasteiger partial charge in [0.15, 0.2) is 0 Å². The van der Waals surface area contributed by atoms with Crippen LogP contribution in [-0.2, 0) is 4.74 Å². The number of hydrogen-bond donors (Lipinski definition) is 1. The van der Waals surface area contributed by atoms with Gasteiger partial charge in [-0.2, -0.15) is 0 Å². The van der Waals surface area contributed by atoms with E-state index in [2.05, 4.69) is 0 Å². The summed E-state index contributed by atoms with van der Waals surface area (Å²) in [5.41, 5.74) is 0. The first-order valence-corrected chi connectivity index (χ1v) is 6.62. The Kier molecular flexibility index (Phi) is 4.13. The topological polar surface area (TPSA) is 92.9 Å². The maximum absolute atomic E-state index is 12.3. The number of carbonyl (C=O) groups is 1. The van der Waals surface area contributed by atoms with E-state index in [0.29, 0.717) is 18.0 Å². The number of amides is 1. The lowest BCUT2D eigenvalue weighted by Gasteiger charge is -2.37. The quantitative estimate of drug-likeness (QED) is 0.657. The highest BCUT2D eigenvalue weighted by molar-refractivity contribution is 7.17. The van der Waals surface area contributed by atoms with E-state index in [0.717, 1.165) is 11.3 Å². The van der Waals surface area contributed by atoms with Gasteiger partial charge in [0.2, 0.25) is 0 Å². The van der Waals surface area contributed by atoms with E-state index in [9.17, 15) is 14.9 Å². The maximum atomic E-state index is 12.3. The molecule has 104 valence electrons. The van der Waals surface area contributed by atoms with Crippen molar-refractivity contribution >= 4 is 22.2 Å². The second-order valence-corrected chi connectivity index (χ2v) is 5.40. The summed E-state index contributed by atoms with van der Waals surface area (Å²) in [4.78, 5) is 24.3. The van der Waals surface area contributed by atoms with Crippen LogP contribution in [0.2, 0.25) is 0 Å². The predicted octanol–water partition coefficient (Wildman–Crippen LogP) is 0.878. The Hall–Kier alpha value is -1.51. The van der Waals surface area contributed by atoms with Crippen LogP contribution in [0.1, 0.15) is 16.6 Å². The van der Waals surface area contributed by atoms with Crippen molar-refractivity contribution in [1.29, 1.82) is 0 Å². The van der Waals surface area contributed by atoms with Gasteiger partial charge < -0.3 is 14.7 Å². The number of morpholine rings is 1. The van der Waals surface area contributed by atoms with E-state index in [4.69, 9.17) is 9.84 Å². The highest BCUT2D eigenvalue weighted by atomic mass is 32.1. The van der Waals surface area contributed by atoms with Crippen molar-refractivity contribution in [2.75, 3.05) is 19.8 Å². The maximum Gasteiger partial charge on any atom is 0.324 e. The predicted molar refractivity (Wildman–Crippen MR) is 68.3 cm³/mol. The number of hydrogen-bond acceptors (Lipinski definition) is 6. The lowest BCUT2D eigenvalue weighted by molar-refractivity contribution is -0.380. The lowest BCUT2D eigenvalue weighted by Crippen LogP contribution is -2.51. The fraction of sp³-hybridized carbons (Fsp3) is 0.545. The Bertz CT molecular complexity index is 489. The summed E-state index contributed by atoms with van der Waals surface area (Å²) in [6, 6.07) is 2.67. The zero-order chi connectivity index (χ0) is 14.0. The minimum Gasteiger partial charge on any atom is -0.394 e. The van der Waals surface area contributed by atoms with Gasteiger partial charge in [0, 0.05) is 12.6 Å². The molecule has 7 nitrogen and oxygen atoms in total. The van der Waals surface area contributed by atoms with Crippen LogP contribution in [0.15, 0.2) is 12.1 Å². The molecule has 8 heteroatoms. The summed E-state index contributed by atoms with van der Waals surface area (Å²) < 4.78 is 5.35. The third-order valence-corrected chi connectivity index (χ3v) is 3.98. The number of aliphatic hydroxyl groups excluding tert-OH is 1. The van der Waals surface area contributed by atoms with E-state index in [1.165, 1.54) is 12.1 Å². The molecule has 0 radical (unpaired) electrons. The summed E-state index contributed by atoms with van der Waals surface area (Å²) in [5, 5.41) is 19.6. The van der Waals surface area contributed by atoms with Gasteiger partial charge in [0.1, 0.15) is 0 Å². The molecule has 1 saturated heterocycles. The molecule has 0 aromatic carbocycles. The Labute approximate surface area is 113 Å². The van der Waals surface area contributed by atoms with Crippen molar-refractivity contribution < 1.29 is 19.6 Å². The Morgan fingerprint density at radius 2 is 2.42 bits per heavy atom. The number of rotatable bonds is 3. The van der Waals surface area contributed by atoms with Crippen molar-refractivity contribution in [1.82, 2.24) is 4.90 Å². The van der Waals surface area contributed by atoms with Gasteiger partial charge in [0.05, 0.1) is 35.2 Å². The molecule has 0 aliphatic carbocycles. The molecule has 2 rings (SSSR count). The number of nitro groups is 1. The summed E-state index contributed by atoms with van der Waals surface area (Å²) in [5.74, 6) is -0.257. The second-order valence-electron chi connectivity index (χ2n) is 4.34.